The third-order valence-corrected chi connectivity index (χ3v) is 3.60. The molecule has 0 saturated carbocycles. The molecule has 118 valence electrons. The lowest BCUT2D eigenvalue weighted by atomic mass is 10.0. The van der Waals surface area contributed by atoms with Crippen LogP contribution >= 0.6 is 24.8 Å². The van der Waals surface area contributed by atoms with Crippen molar-refractivity contribution < 1.29 is 9.84 Å². The summed E-state index contributed by atoms with van der Waals surface area (Å²) in [6, 6.07) is 5.46. The van der Waals surface area contributed by atoms with E-state index in [1.165, 1.54) is 7.11 Å². The maximum absolute atomic E-state index is 10.2. The van der Waals surface area contributed by atoms with E-state index in [-0.39, 0.29) is 36.6 Å². The normalized spacial score (nSPS) is 16.0. The highest BCUT2D eigenvalue weighted by molar-refractivity contribution is 5.85. The van der Waals surface area contributed by atoms with Crippen molar-refractivity contribution in [2.45, 2.75) is 13.0 Å². The number of benzene rings is 1. The van der Waals surface area contributed by atoms with Crippen LogP contribution in [0.4, 0.5) is 0 Å². The van der Waals surface area contributed by atoms with Gasteiger partial charge < -0.3 is 15.2 Å². The third-order valence-electron chi connectivity index (χ3n) is 3.60. The number of nitrogens with one attached hydrogen (secondary N) is 1. The first-order chi connectivity index (χ1) is 9.17. The molecular formula is C14H21Cl2N3O2. The van der Waals surface area contributed by atoms with Gasteiger partial charge in [-0.3, -0.25) is 4.90 Å². The number of aromatic hydroxyl groups is 1. The van der Waals surface area contributed by atoms with Crippen LogP contribution in [0, 0.1) is 11.3 Å². The molecule has 0 radical (unpaired) electrons. The number of phenolic OH excluding ortho intramolecular Hbond substituents is 1. The number of nitriles is 1. The first-order valence-electron chi connectivity index (χ1n) is 6.43. The Bertz CT molecular complexity index is 500. The van der Waals surface area contributed by atoms with Crippen molar-refractivity contribution in [1.82, 2.24) is 10.2 Å². The predicted molar refractivity (Wildman–Crippen MR) is 86.7 cm³/mol. The molecule has 0 aromatic heterocycles. The molecule has 0 unspecified atom stereocenters. The summed E-state index contributed by atoms with van der Waals surface area (Å²) in [5.41, 5.74) is 1.25. The number of rotatable bonds is 3. The number of hydrogen-bond acceptors (Lipinski definition) is 5. The zero-order chi connectivity index (χ0) is 13.8. The molecule has 7 heteroatoms. The maximum Gasteiger partial charge on any atom is 0.162 e. The van der Waals surface area contributed by atoms with Gasteiger partial charge in [-0.1, -0.05) is 0 Å². The van der Waals surface area contributed by atoms with Crippen LogP contribution in [-0.2, 0) is 0 Å². The quantitative estimate of drug-likeness (QED) is 0.886. The van der Waals surface area contributed by atoms with Crippen molar-refractivity contribution in [3.8, 4) is 17.6 Å². The van der Waals surface area contributed by atoms with E-state index in [2.05, 4.69) is 16.3 Å². The highest BCUT2D eigenvalue weighted by atomic mass is 35.5. The second-order valence-electron chi connectivity index (χ2n) is 4.69. The summed E-state index contributed by atoms with van der Waals surface area (Å²) < 4.78 is 5.13. The second kappa shape index (κ2) is 8.96. The zero-order valence-corrected chi connectivity index (χ0v) is 13.8. The number of methoxy groups -OCH3 is 1. The molecule has 21 heavy (non-hydrogen) atoms. The summed E-state index contributed by atoms with van der Waals surface area (Å²) in [5, 5.41) is 22.6. The summed E-state index contributed by atoms with van der Waals surface area (Å²) in [5.74, 6) is 0.489. The second-order valence-corrected chi connectivity index (χ2v) is 4.69. The van der Waals surface area contributed by atoms with Gasteiger partial charge in [0, 0.05) is 43.9 Å². The molecule has 1 aliphatic rings. The fourth-order valence-corrected chi connectivity index (χ4v) is 2.43. The Balaban J connectivity index is 0.00000200. The van der Waals surface area contributed by atoms with Crippen LogP contribution in [0.3, 0.4) is 0 Å². The molecule has 2 N–H and O–H groups in total. The van der Waals surface area contributed by atoms with Gasteiger partial charge in [-0.25, -0.2) is 0 Å². The molecule has 1 saturated heterocycles. The average molecular weight is 334 g/mol. The molecule has 0 spiro atoms. The van der Waals surface area contributed by atoms with Gasteiger partial charge in [-0.05, 0) is 13.0 Å². The Morgan fingerprint density at radius 1 is 1.33 bits per heavy atom. The topological polar surface area (TPSA) is 68.5 Å². The van der Waals surface area contributed by atoms with Crippen LogP contribution < -0.4 is 10.1 Å². The molecule has 1 aromatic carbocycles. The zero-order valence-electron chi connectivity index (χ0n) is 12.1. The van der Waals surface area contributed by atoms with Crippen molar-refractivity contribution in [1.29, 1.82) is 5.26 Å². The minimum absolute atomic E-state index is 0. The molecule has 5 nitrogen and oxygen atoms in total. The van der Waals surface area contributed by atoms with Gasteiger partial charge in [0.2, 0.25) is 0 Å². The highest BCUT2D eigenvalue weighted by Gasteiger charge is 2.22. The number of halogens is 2. The highest BCUT2D eigenvalue weighted by Crippen LogP contribution is 2.37. The monoisotopic (exact) mass is 333 g/mol. The van der Waals surface area contributed by atoms with Crippen molar-refractivity contribution in [3.05, 3.63) is 23.3 Å². The molecule has 0 aliphatic carbocycles. The first-order valence-corrected chi connectivity index (χ1v) is 6.43. The number of hydrogen-bond donors (Lipinski definition) is 2. The van der Waals surface area contributed by atoms with Gasteiger partial charge in [0.25, 0.3) is 0 Å². The average Bonchev–Trinajstić information content (AvgIpc) is 2.47. The molecule has 1 fully saturated rings. The number of phenols is 1. The first kappa shape index (κ1) is 19.8. The van der Waals surface area contributed by atoms with Gasteiger partial charge >= 0.3 is 0 Å². The van der Waals surface area contributed by atoms with E-state index < -0.39 is 0 Å². The van der Waals surface area contributed by atoms with Crippen LogP contribution in [-0.4, -0.2) is 43.3 Å². The number of piperazine rings is 1. The Hall–Kier alpha value is -1.19. The lowest BCUT2D eigenvalue weighted by molar-refractivity contribution is 0.182. The van der Waals surface area contributed by atoms with Gasteiger partial charge in [0.1, 0.15) is 0 Å². The Labute approximate surface area is 137 Å². The predicted octanol–water partition coefficient (Wildman–Crippen LogP) is 2.08. The summed E-state index contributed by atoms with van der Waals surface area (Å²) >= 11 is 0. The summed E-state index contributed by atoms with van der Waals surface area (Å²) in [7, 11) is 1.50. The van der Waals surface area contributed by atoms with E-state index in [0.717, 1.165) is 31.7 Å². The fraction of sp³-hybridized carbons (Fsp3) is 0.500. The summed E-state index contributed by atoms with van der Waals surface area (Å²) in [6.45, 7) is 5.79. The molecular weight excluding hydrogens is 313 g/mol. The molecule has 0 bridgehead atoms. The molecule has 1 heterocycles. The van der Waals surface area contributed by atoms with E-state index in [1.807, 2.05) is 6.92 Å². The Morgan fingerprint density at radius 3 is 2.48 bits per heavy atom. The smallest absolute Gasteiger partial charge is 0.162 e. The molecule has 0 amide bonds. The molecule has 1 aromatic rings. The van der Waals surface area contributed by atoms with Gasteiger partial charge in [-0.2, -0.15) is 5.26 Å². The minimum atomic E-state index is 0. The lowest BCUT2D eigenvalue weighted by Gasteiger charge is -2.33. The fourth-order valence-electron chi connectivity index (χ4n) is 2.43. The molecule has 2 rings (SSSR count). The van der Waals surface area contributed by atoms with Gasteiger partial charge in [0.15, 0.2) is 11.5 Å². The van der Waals surface area contributed by atoms with E-state index in [9.17, 15) is 5.11 Å². The van der Waals surface area contributed by atoms with E-state index >= 15 is 0 Å². The van der Waals surface area contributed by atoms with Crippen LogP contribution in [0.5, 0.6) is 11.5 Å². The van der Waals surface area contributed by atoms with Crippen LogP contribution in [0.1, 0.15) is 24.1 Å². The Kier molecular flexibility index (Phi) is 8.45. The van der Waals surface area contributed by atoms with Crippen molar-refractivity contribution in [2.24, 2.45) is 0 Å². The lowest BCUT2D eigenvalue weighted by Crippen LogP contribution is -2.44. The number of nitrogens with zero attached hydrogens (tertiary/aromatic N) is 2. The maximum atomic E-state index is 10.2. The SMILES string of the molecule is COc1cc(C#N)cc([C@@H](C)N2CCNCC2)c1O.Cl.Cl. The van der Waals surface area contributed by atoms with Crippen molar-refractivity contribution >= 4 is 24.8 Å². The van der Waals surface area contributed by atoms with Crippen LogP contribution in [0.25, 0.3) is 0 Å². The minimum Gasteiger partial charge on any atom is -0.504 e. The standard InChI is InChI=1S/C14H19N3O2.2ClH/c1-10(17-5-3-16-4-6-17)12-7-11(9-15)8-13(19-2)14(12)18;;/h7-8,10,16,18H,3-6H2,1-2H3;2*1H/t10-;;/m1../s1. The van der Waals surface area contributed by atoms with Crippen molar-refractivity contribution in [2.75, 3.05) is 33.3 Å². The van der Waals surface area contributed by atoms with Crippen LogP contribution in [0.15, 0.2) is 12.1 Å². The van der Waals surface area contributed by atoms with Gasteiger partial charge in [-0.15, -0.1) is 24.8 Å². The molecule has 1 atom stereocenters. The summed E-state index contributed by atoms with van der Waals surface area (Å²) in [6.07, 6.45) is 0. The van der Waals surface area contributed by atoms with Crippen LogP contribution in [0.2, 0.25) is 0 Å². The van der Waals surface area contributed by atoms with E-state index in [0.29, 0.717) is 11.3 Å². The molecule has 1 aliphatic heterocycles. The largest absolute Gasteiger partial charge is 0.504 e. The van der Waals surface area contributed by atoms with E-state index in [4.69, 9.17) is 10.00 Å². The third kappa shape index (κ3) is 4.39. The summed E-state index contributed by atoms with van der Waals surface area (Å²) in [4.78, 5) is 2.28. The van der Waals surface area contributed by atoms with Gasteiger partial charge in [0.05, 0.1) is 18.7 Å². The van der Waals surface area contributed by atoms with E-state index in [1.54, 1.807) is 12.1 Å². The van der Waals surface area contributed by atoms with Crippen molar-refractivity contribution in [3.63, 3.8) is 0 Å². The Morgan fingerprint density at radius 2 is 1.95 bits per heavy atom. The number of ether oxygens (including phenoxy) is 1.